The van der Waals surface area contributed by atoms with Crippen molar-refractivity contribution in [2.24, 2.45) is 0 Å². The van der Waals surface area contributed by atoms with Gasteiger partial charge in [-0.25, -0.2) is 0 Å². The van der Waals surface area contributed by atoms with Crippen molar-refractivity contribution in [2.75, 3.05) is 14.2 Å². The van der Waals surface area contributed by atoms with E-state index in [1.807, 2.05) is 24.3 Å². The topological polar surface area (TPSA) is 35.5 Å². The van der Waals surface area contributed by atoms with Gasteiger partial charge in [-0.1, -0.05) is 6.07 Å². The fourth-order valence-electron chi connectivity index (χ4n) is 2.04. The number of allylic oxidation sites excluding steroid dienone is 1. The summed E-state index contributed by atoms with van der Waals surface area (Å²) in [5, 5.41) is 0. The Labute approximate surface area is 101 Å². The van der Waals surface area contributed by atoms with Gasteiger partial charge in [0, 0.05) is 6.42 Å². The number of rotatable bonds is 3. The lowest BCUT2D eigenvalue weighted by Crippen LogP contribution is -1.93. The molecule has 0 unspecified atom stereocenters. The van der Waals surface area contributed by atoms with Gasteiger partial charge >= 0.3 is 0 Å². The molecule has 0 radical (unpaired) electrons. The van der Waals surface area contributed by atoms with Gasteiger partial charge in [-0.05, 0) is 42.2 Å². The van der Waals surface area contributed by atoms with Crippen LogP contribution in [0.25, 0.3) is 6.08 Å². The summed E-state index contributed by atoms with van der Waals surface area (Å²) < 4.78 is 10.4. The molecule has 0 spiro atoms. The summed E-state index contributed by atoms with van der Waals surface area (Å²) in [5.41, 5.74) is 1.89. The fourth-order valence-corrected chi connectivity index (χ4v) is 2.04. The normalized spacial score (nSPS) is 17.5. The average Bonchev–Trinajstić information content (AvgIpc) is 2.75. The summed E-state index contributed by atoms with van der Waals surface area (Å²) in [7, 11) is 3.21. The standard InChI is InChI=1S/C14H16O3/c1-16-13-7-6-10(9-14(13)17-2)8-11-4-3-5-12(11)15/h6-9H,3-5H2,1-2H3/b11-8-. The second kappa shape index (κ2) is 5.04. The second-order valence-corrected chi connectivity index (χ2v) is 4.06. The molecule has 0 heterocycles. The minimum absolute atomic E-state index is 0.264. The zero-order valence-corrected chi connectivity index (χ0v) is 10.2. The SMILES string of the molecule is COc1ccc(/C=C2/CCCC2=O)cc1OC. The van der Waals surface area contributed by atoms with Crippen molar-refractivity contribution < 1.29 is 14.3 Å². The first-order valence-corrected chi connectivity index (χ1v) is 5.70. The summed E-state index contributed by atoms with van der Waals surface area (Å²) in [5.74, 6) is 1.65. The summed E-state index contributed by atoms with van der Waals surface area (Å²) in [6, 6.07) is 5.67. The van der Waals surface area contributed by atoms with Crippen LogP contribution in [0.4, 0.5) is 0 Å². The molecular formula is C14H16O3. The van der Waals surface area contributed by atoms with Crippen LogP contribution in [0.2, 0.25) is 0 Å². The highest BCUT2D eigenvalue weighted by Crippen LogP contribution is 2.30. The predicted molar refractivity (Wildman–Crippen MR) is 66.4 cm³/mol. The van der Waals surface area contributed by atoms with Gasteiger partial charge in [0.25, 0.3) is 0 Å². The molecule has 0 amide bonds. The molecule has 1 aliphatic carbocycles. The van der Waals surface area contributed by atoms with Crippen LogP contribution in [0.1, 0.15) is 24.8 Å². The fraction of sp³-hybridized carbons (Fsp3) is 0.357. The third-order valence-electron chi connectivity index (χ3n) is 2.96. The van der Waals surface area contributed by atoms with Gasteiger partial charge in [0.2, 0.25) is 0 Å². The lowest BCUT2D eigenvalue weighted by atomic mass is 10.1. The molecule has 3 heteroatoms. The maximum absolute atomic E-state index is 11.5. The Bertz CT molecular complexity index is 461. The van der Waals surface area contributed by atoms with E-state index in [2.05, 4.69) is 0 Å². The third-order valence-corrected chi connectivity index (χ3v) is 2.96. The molecule has 1 aromatic carbocycles. The second-order valence-electron chi connectivity index (χ2n) is 4.06. The number of Topliss-reactive ketones (excluding diaryl/α,β-unsaturated/α-hetero) is 1. The molecule has 0 saturated heterocycles. The highest BCUT2D eigenvalue weighted by molar-refractivity contribution is 6.01. The highest BCUT2D eigenvalue weighted by atomic mass is 16.5. The molecule has 1 aliphatic rings. The number of hydrogen-bond acceptors (Lipinski definition) is 3. The number of benzene rings is 1. The summed E-state index contributed by atoms with van der Waals surface area (Å²) in [4.78, 5) is 11.5. The quantitative estimate of drug-likeness (QED) is 0.752. The first kappa shape index (κ1) is 11.7. The Morgan fingerprint density at radius 2 is 1.88 bits per heavy atom. The Morgan fingerprint density at radius 3 is 2.47 bits per heavy atom. The molecule has 17 heavy (non-hydrogen) atoms. The summed E-state index contributed by atoms with van der Waals surface area (Å²) in [6.07, 6.45) is 4.47. The zero-order valence-electron chi connectivity index (χ0n) is 10.2. The van der Waals surface area contributed by atoms with E-state index in [1.54, 1.807) is 14.2 Å². The van der Waals surface area contributed by atoms with Crippen LogP contribution < -0.4 is 9.47 Å². The Morgan fingerprint density at radius 1 is 1.12 bits per heavy atom. The Kier molecular flexibility index (Phi) is 3.47. The largest absolute Gasteiger partial charge is 0.493 e. The van der Waals surface area contributed by atoms with E-state index < -0.39 is 0 Å². The minimum Gasteiger partial charge on any atom is -0.493 e. The molecule has 1 fully saturated rings. The van der Waals surface area contributed by atoms with Gasteiger partial charge in [0.05, 0.1) is 14.2 Å². The molecule has 90 valence electrons. The molecule has 1 aromatic rings. The first-order chi connectivity index (χ1) is 8.24. The van der Waals surface area contributed by atoms with Crippen molar-refractivity contribution in [2.45, 2.75) is 19.3 Å². The Hall–Kier alpha value is -1.77. The number of methoxy groups -OCH3 is 2. The van der Waals surface area contributed by atoms with Crippen molar-refractivity contribution in [1.82, 2.24) is 0 Å². The first-order valence-electron chi connectivity index (χ1n) is 5.70. The lowest BCUT2D eigenvalue weighted by Gasteiger charge is -2.08. The summed E-state index contributed by atoms with van der Waals surface area (Å²) in [6.45, 7) is 0. The Balaban J connectivity index is 2.31. The maximum atomic E-state index is 11.5. The number of hydrogen-bond donors (Lipinski definition) is 0. The number of carbonyl (C=O) groups excluding carboxylic acids is 1. The molecule has 3 nitrogen and oxygen atoms in total. The van der Waals surface area contributed by atoms with Crippen molar-refractivity contribution in [1.29, 1.82) is 0 Å². The van der Waals surface area contributed by atoms with E-state index in [0.717, 1.165) is 24.0 Å². The van der Waals surface area contributed by atoms with E-state index >= 15 is 0 Å². The van der Waals surface area contributed by atoms with Crippen LogP contribution in [-0.4, -0.2) is 20.0 Å². The van der Waals surface area contributed by atoms with Crippen LogP contribution in [0.5, 0.6) is 11.5 Å². The van der Waals surface area contributed by atoms with Gasteiger partial charge in [-0.15, -0.1) is 0 Å². The molecular weight excluding hydrogens is 216 g/mol. The van der Waals surface area contributed by atoms with Gasteiger partial charge in [0.15, 0.2) is 17.3 Å². The molecule has 2 rings (SSSR count). The molecule has 0 atom stereocenters. The lowest BCUT2D eigenvalue weighted by molar-refractivity contribution is -0.114. The average molecular weight is 232 g/mol. The minimum atomic E-state index is 0.264. The van der Waals surface area contributed by atoms with Crippen LogP contribution in [0, 0.1) is 0 Å². The number of ketones is 1. The highest BCUT2D eigenvalue weighted by Gasteiger charge is 2.16. The summed E-state index contributed by atoms with van der Waals surface area (Å²) >= 11 is 0. The van der Waals surface area contributed by atoms with Crippen LogP contribution >= 0.6 is 0 Å². The molecule has 1 saturated carbocycles. The monoisotopic (exact) mass is 232 g/mol. The van der Waals surface area contributed by atoms with Gasteiger partial charge < -0.3 is 9.47 Å². The van der Waals surface area contributed by atoms with Gasteiger partial charge in [0.1, 0.15) is 0 Å². The molecule has 0 aliphatic heterocycles. The van der Waals surface area contributed by atoms with Crippen LogP contribution in [-0.2, 0) is 4.79 Å². The van der Waals surface area contributed by atoms with E-state index in [0.29, 0.717) is 17.9 Å². The predicted octanol–water partition coefficient (Wildman–Crippen LogP) is 2.84. The van der Waals surface area contributed by atoms with Crippen molar-refractivity contribution in [3.63, 3.8) is 0 Å². The molecule has 0 aromatic heterocycles. The third kappa shape index (κ3) is 2.49. The zero-order chi connectivity index (χ0) is 12.3. The number of ether oxygens (including phenoxy) is 2. The number of carbonyl (C=O) groups is 1. The van der Waals surface area contributed by atoms with E-state index in [9.17, 15) is 4.79 Å². The van der Waals surface area contributed by atoms with E-state index in [4.69, 9.17) is 9.47 Å². The van der Waals surface area contributed by atoms with Gasteiger partial charge in [-0.3, -0.25) is 4.79 Å². The smallest absolute Gasteiger partial charge is 0.161 e. The van der Waals surface area contributed by atoms with Crippen LogP contribution in [0.3, 0.4) is 0 Å². The van der Waals surface area contributed by atoms with E-state index in [-0.39, 0.29) is 5.78 Å². The van der Waals surface area contributed by atoms with E-state index in [1.165, 1.54) is 0 Å². The van der Waals surface area contributed by atoms with Gasteiger partial charge in [-0.2, -0.15) is 0 Å². The molecule has 0 bridgehead atoms. The van der Waals surface area contributed by atoms with Crippen LogP contribution in [0.15, 0.2) is 23.8 Å². The maximum Gasteiger partial charge on any atom is 0.161 e. The van der Waals surface area contributed by atoms with Crippen molar-refractivity contribution in [3.05, 3.63) is 29.3 Å². The van der Waals surface area contributed by atoms with Crippen molar-refractivity contribution in [3.8, 4) is 11.5 Å². The molecule has 0 N–H and O–H groups in total. The van der Waals surface area contributed by atoms with Crippen molar-refractivity contribution >= 4 is 11.9 Å².